The van der Waals surface area contributed by atoms with Crippen LogP contribution in [0.5, 0.6) is 0 Å². The van der Waals surface area contributed by atoms with Crippen LogP contribution in [-0.2, 0) is 0 Å². The molecule has 1 aliphatic carbocycles. The molecule has 0 aromatic rings. The van der Waals surface area contributed by atoms with Crippen molar-refractivity contribution in [1.29, 1.82) is 0 Å². The first kappa shape index (κ1) is 5.46. The monoisotopic (exact) mass is 136 g/mol. The van der Waals surface area contributed by atoms with Crippen molar-refractivity contribution in [1.82, 2.24) is 5.43 Å². The van der Waals surface area contributed by atoms with Gasteiger partial charge in [-0.1, -0.05) is 17.4 Å². The molecule has 3 N–H and O–H groups in total. The second-order valence-electron chi connectivity index (χ2n) is 2.37. The molecule has 4 nitrogen and oxygen atoms in total. The van der Waals surface area contributed by atoms with Crippen molar-refractivity contribution in [2.45, 2.75) is 12.1 Å². The van der Waals surface area contributed by atoms with E-state index in [1.54, 1.807) is 0 Å². The van der Waals surface area contributed by atoms with E-state index in [1.165, 1.54) is 0 Å². The fraction of sp³-hybridized carbons (Fsp3) is 0.333. The molecule has 0 bridgehead atoms. The van der Waals surface area contributed by atoms with Crippen molar-refractivity contribution in [3.05, 3.63) is 23.9 Å². The summed E-state index contributed by atoms with van der Waals surface area (Å²) in [5, 5.41) is 7.59. The third-order valence-corrected chi connectivity index (χ3v) is 1.68. The van der Waals surface area contributed by atoms with Crippen LogP contribution in [0.4, 0.5) is 0 Å². The second-order valence-corrected chi connectivity index (χ2v) is 2.37. The van der Waals surface area contributed by atoms with Crippen LogP contribution in [0.3, 0.4) is 0 Å². The minimum atomic E-state index is 0.0324. The van der Waals surface area contributed by atoms with Gasteiger partial charge in [-0.2, -0.15) is 5.11 Å². The van der Waals surface area contributed by atoms with Crippen LogP contribution in [0.25, 0.3) is 0 Å². The van der Waals surface area contributed by atoms with Gasteiger partial charge in [-0.25, -0.2) is 0 Å². The maximum atomic E-state index is 5.64. The predicted octanol–water partition coefficient (Wildman–Crippen LogP) is 0.106. The molecule has 52 valence electrons. The van der Waals surface area contributed by atoms with Gasteiger partial charge >= 0.3 is 0 Å². The van der Waals surface area contributed by atoms with E-state index < -0.39 is 0 Å². The maximum absolute atomic E-state index is 5.64. The molecule has 0 amide bonds. The summed E-state index contributed by atoms with van der Waals surface area (Å²) in [5.41, 5.74) is 9.25. The molecule has 1 aliphatic heterocycles. The standard InChI is InChI=1S/C6H8N4/c7-4-2-1-3-5-6(4)9-10-8-5/h1-3,5-6H,7H2,(H,8,9)/t5-,6+/m0/s1. The lowest BCUT2D eigenvalue weighted by atomic mass is 10.0. The molecule has 0 spiro atoms. The largest absolute Gasteiger partial charge is 0.400 e. The maximum Gasteiger partial charge on any atom is 0.137 e. The Bertz CT molecular complexity index is 228. The van der Waals surface area contributed by atoms with E-state index in [0.717, 1.165) is 5.70 Å². The Morgan fingerprint density at radius 1 is 1.60 bits per heavy atom. The highest BCUT2D eigenvalue weighted by Gasteiger charge is 2.26. The van der Waals surface area contributed by atoms with E-state index in [-0.39, 0.29) is 12.1 Å². The van der Waals surface area contributed by atoms with Crippen LogP contribution in [0.1, 0.15) is 0 Å². The molecule has 2 aliphatic rings. The Kier molecular flexibility index (Phi) is 1.00. The molecule has 0 aromatic carbocycles. The Balaban J connectivity index is 2.30. The molecular formula is C6H8N4. The highest BCUT2D eigenvalue weighted by molar-refractivity contribution is 5.27. The Hall–Kier alpha value is -1.32. The number of rotatable bonds is 0. The summed E-state index contributed by atoms with van der Waals surface area (Å²) in [6, 6.07) is 0.218. The quantitative estimate of drug-likeness (QED) is 0.496. The smallest absolute Gasteiger partial charge is 0.137 e. The Morgan fingerprint density at radius 3 is 3.30 bits per heavy atom. The summed E-state index contributed by atoms with van der Waals surface area (Å²) in [7, 11) is 0. The number of allylic oxidation sites excluding steroid dienone is 2. The molecule has 2 rings (SSSR count). The predicted molar refractivity (Wildman–Crippen MR) is 37.0 cm³/mol. The van der Waals surface area contributed by atoms with Crippen LogP contribution < -0.4 is 11.2 Å². The molecule has 4 heteroatoms. The summed E-state index contributed by atoms with van der Waals surface area (Å²) in [5.74, 6) is 0. The molecule has 0 saturated heterocycles. The van der Waals surface area contributed by atoms with Gasteiger partial charge in [0.1, 0.15) is 6.04 Å². The highest BCUT2D eigenvalue weighted by Crippen LogP contribution is 2.17. The first-order valence-corrected chi connectivity index (χ1v) is 3.17. The van der Waals surface area contributed by atoms with Crippen LogP contribution in [0.15, 0.2) is 34.3 Å². The Labute approximate surface area is 58.5 Å². The molecule has 1 heterocycles. The lowest BCUT2D eigenvalue weighted by Gasteiger charge is -2.15. The van der Waals surface area contributed by atoms with Crippen molar-refractivity contribution in [3.8, 4) is 0 Å². The molecule has 0 radical (unpaired) electrons. The van der Waals surface area contributed by atoms with Gasteiger partial charge in [-0.05, 0) is 6.08 Å². The first-order valence-electron chi connectivity index (χ1n) is 3.17. The normalized spacial score (nSPS) is 35.0. The van der Waals surface area contributed by atoms with Gasteiger partial charge in [-0.3, -0.25) is 5.43 Å². The van der Waals surface area contributed by atoms with Gasteiger partial charge in [-0.15, -0.1) is 0 Å². The fourth-order valence-electron chi connectivity index (χ4n) is 1.11. The number of fused-ring (bicyclic) bond motifs is 1. The minimum absolute atomic E-state index is 0.0324. The molecular weight excluding hydrogens is 128 g/mol. The molecule has 0 fully saturated rings. The first-order chi connectivity index (χ1) is 4.88. The molecule has 10 heavy (non-hydrogen) atoms. The number of hydrogen-bond donors (Lipinski definition) is 2. The van der Waals surface area contributed by atoms with Crippen molar-refractivity contribution in [2.24, 2.45) is 16.1 Å². The van der Waals surface area contributed by atoms with E-state index in [4.69, 9.17) is 5.73 Å². The van der Waals surface area contributed by atoms with Gasteiger partial charge in [0, 0.05) is 5.70 Å². The molecule has 0 unspecified atom stereocenters. The van der Waals surface area contributed by atoms with Crippen LogP contribution in [-0.4, -0.2) is 12.1 Å². The number of nitrogens with two attached hydrogens (primary N) is 1. The summed E-state index contributed by atoms with van der Waals surface area (Å²) < 4.78 is 0. The summed E-state index contributed by atoms with van der Waals surface area (Å²) in [6.45, 7) is 0. The van der Waals surface area contributed by atoms with Gasteiger partial charge < -0.3 is 5.73 Å². The Morgan fingerprint density at radius 2 is 2.50 bits per heavy atom. The van der Waals surface area contributed by atoms with Crippen LogP contribution >= 0.6 is 0 Å². The van der Waals surface area contributed by atoms with Gasteiger partial charge in [0.05, 0.1) is 6.04 Å². The zero-order valence-electron chi connectivity index (χ0n) is 5.36. The van der Waals surface area contributed by atoms with Gasteiger partial charge in [0.15, 0.2) is 0 Å². The zero-order valence-corrected chi connectivity index (χ0v) is 5.36. The average Bonchev–Trinajstić information content (AvgIpc) is 2.36. The summed E-state index contributed by atoms with van der Waals surface area (Å²) in [6.07, 6.45) is 5.77. The van der Waals surface area contributed by atoms with E-state index in [9.17, 15) is 0 Å². The van der Waals surface area contributed by atoms with E-state index in [2.05, 4.69) is 15.8 Å². The molecule has 0 saturated carbocycles. The third kappa shape index (κ3) is 0.618. The average molecular weight is 136 g/mol. The molecule has 0 aromatic heterocycles. The van der Waals surface area contributed by atoms with Crippen molar-refractivity contribution in [3.63, 3.8) is 0 Å². The van der Waals surface area contributed by atoms with E-state index in [0.29, 0.717) is 0 Å². The second kappa shape index (κ2) is 1.83. The topological polar surface area (TPSA) is 62.8 Å². The van der Waals surface area contributed by atoms with Crippen LogP contribution in [0.2, 0.25) is 0 Å². The van der Waals surface area contributed by atoms with Crippen molar-refractivity contribution in [2.75, 3.05) is 0 Å². The van der Waals surface area contributed by atoms with Crippen LogP contribution in [0, 0.1) is 0 Å². The van der Waals surface area contributed by atoms with E-state index in [1.807, 2.05) is 18.2 Å². The third-order valence-electron chi connectivity index (χ3n) is 1.68. The number of nitrogens with zero attached hydrogens (tertiary/aromatic N) is 2. The lowest BCUT2D eigenvalue weighted by Crippen LogP contribution is -2.33. The fourth-order valence-corrected chi connectivity index (χ4v) is 1.11. The number of nitrogens with one attached hydrogen (secondary N) is 1. The summed E-state index contributed by atoms with van der Waals surface area (Å²) >= 11 is 0. The SMILES string of the molecule is NC1=CC=C[C@@H]2NN=N[C@H]12. The summed E-state index contributed by atoms with van der Waals surface area (Å²) in [4.78, 5) is 0. The zero-order chi connectivity index (χ0) is 6.97. The highest BCUT2D eigenvalue weighted by atomic mass is 15.5. The van der Waals surface area contributed by atoms with Gasteiger partial charge in [0.2, 0.25) is 0 Å². The van der Waals surface area contributed by atoms with E-state index >= 15 is 0 Å². The van der Waals surface area contributed by atoms with Crippen molar-refractivity contribution >= 4 is 0 Å². The minimum Gasteiger partial charge on any atom is -0.400 e. The molecule has 2 atom stereocenters. The lowest BCUT2D eigenvalue weighted by molar-refractivity contribution is 0.635. The van der Waals surface area contributed by atoms with Gasteiger partial charge in [0.25, 0.3) is 0 Å². The number of hydrogen-bond acceptors (Lipinski definition) is 4. The van der Waals surface area contributed by atoms with Crippen molar-refractivity contribution < 1.29 is 0 Å².